The maximum Gasteiger partial charge on any atom is 0.315 e. The van der Waals surface area contributed by atoms with Crippen LogP contribution in [0.1, 0.15) is 11.4 Å². The van der Waals surface area contributed by atoms with Gasteiger partial charge in [-0.2, -0.15) is 0 Å². The fraction of sp³-hybridized carbons (Fsp3) is 0.136. The second-order valence-corrected chi connectivity index (χ2v) is 6.53. The Kier molecular flexibility index (Phi) is 5.47. The molecule has 0 fully saturated rings. The van der Waals surface area contributed by atoms with Crippen molar-refractivity contribution in [2.24, 2.45) is 0 Å². The molecule has 2 heterocycles. The summed E-state index contributed by atoms with van der Waals surface area (Å²) in [5.74, 6) is 0.526. The average Bonchev–Trinajstić information content (AvgIpc) is 3.12. The minimum absolute atomic E-state index is 0.283. The van der Waals surface area contributed by atoms with Crippen LogP contribution in [0.25, 0.3) is 16.9 Å². The van der Waals surface area contributed by atoms with Crippen LogP contribution in [0.4, 0.5) is 9.18 Å². The highest BCUT2D eigenvalue weighted by Crippen LogP contribution is 2.19. The molecule has 6 nitrogen and oxygen atoms in total. The van der Waals surface area contributed by atoms with Gasteiger partial charge >= 0.3 is 6.03 Å². The van der Waals surface area contributed by atoms with E-state index >= 15 is 0 Å². The zero-order valence-corrected chi connectivity index (χ0v) is 15.7. The molecule has 29 heavy (non-hydrogen) atoms. The van der Waals surface area contributed by atoms with Gasteiger partial charge in [-0.1, -0.05) is 30.3 Å². The van der Waals surface area contributed by atoms with Gasteiger partial charge in [-0.25, -0.2) is 19.2 Å². The first-order valence-electron chi connectivity index (χ1n) is 9.34. The van der Waals surface area contributed by atoms with E-state index in [1.165, 1.54) is 12.1 Å². The Hall–Kier alpha value is -3.74. The third-order valence-electron chi connectivity index (χ3n) is 4.50. The van der Waals surface area contributed by atoms with Gasteiger partial charge in [0.05, 0.1) is 0 Å². The van der Waals surface area contributed by atoms with Crippen molar-refractivity contribution in [1.29, 1.82) is 0 Å². The summed E-state index contributed by atoms with van der Waals surface area (Å²) >= 11 is 0. The first kappa shape index (κ1) is 18.6. The first-order valence-corrected chi connectivity index (χ1v) is 9.34. The number of imidazole rings is 1. The summed E-state index contributed by atoms with van der Waals surface area (Å²) in [6.07, 6.45) is 2.30. The van der Waals surface area contributed by atoms with Crippen molar-refractivity contribution in [1.82, 2.24) is 25.2 Å². The number of fused-ring (bicyclic) bond motifs is 1. The van der Waals surface area contributed by atoms with Gasteiger partial charge in [0.1, 0.15) is 17.2 Å². The lowest BCUT2D eigenvalue weighted by atomic mass is 10.2. The molecule has 0 bridgehead atoms. The van der Waals surface area contributed by atoms with Gasteiger partial charge in [0.25, 0.3) is 0 Å². The zero-order valence-electron chi connectivity index (χ0n) is 15.7. The number of carbonyl (C=O) groups is 1. The second-order valence-electron chi connectivity index (χ2n) is 6.53. The maximum absolute atomic E-state index is 12.9. The fourth-order valence-electron chi connectivity index (χ4n) is 3.11. The van der Waals surface area contributed by atoms with E-state index in [4.69, 9.17) is 0 Å². The highest BCUT2D eigenvalue weighted by molar-refractivity contribution is 5.74. The summed E-state index contributed by atoms with van der Waals surface area (Å²) in [6.45, 7) is 0.754. The monoisotopic (exact) mass is 389 g/mol. The van der Waals surface area contributed by atoms with Crippen molar-refractivity contribution >= 4 is 17.2 Å². The van der Waals surface area contributed by atoms with Crippen LogP contribution in [0.2, 0.25) is 0 Å². The predicted molar refractivity (Wildman–Crippen MR) is 109 cm³/mol. The van der Waals surface area contributed by atoms with Gasteiger partial charge < -0.3 is 10.6 Å². The molecule has 2 amide bonds. The van der Waals surface area contributed by atoms with E-state index in [1.807, 2.05) is 47.0 Å². The zero-order chi connectivity index (χ0) is 20.1. The normalized spacial score (nSPS) is 10.8. The third kappa shape index (κ3) is 4.40. The van der Waals surface area contributed by atoms with Crippen LogP contribution in [0, 0.1) is 5.82 Å². The summed E-state index contributed by atoms with van der Waals surface area (Å²) in [4.78, 5) is 21.2. The number of hydrogen-bond acceptors (Lipinski definition) is 3. The van der Waals surface area contributed by atoms with E-state index in [2.05, 4.69) is 20.6 Å². The molecule has 0 aliphatic heterocycles. The summed E-state index contributed by atoms with van der Waals surface area (Å²) in [7, 11) is 0. The van der Waals surface area contributed by atoms with Gasteiger partial charge in [0, 0.05) is 31.4 Å². The molecular weight excluding hydrogens is 369 g/mol. The molecule has 0 saturated carbocycles. The number of aromatic nitrogens is 3. The van der Waals surface area contributed by atoms with Crippen LogP contribution in [-0.4, -0.2) is 27.1 Å². The number of carbonyl (C=O) groups excluding carboxylic acids is 1. The Morgan fingerprint density at radius 1 is 0.966 bits per heavy atom. The van der Waals surface area contributed by atoms with E-state index in [1.54, 1.807) is 18.3 Å². The predicted octanol–water partition coefficient (Wildman–Crippen LogP) is 3.60. The number of para-hydroxylation sites is 1. The summed E-state index contributed by atoms with van der Waals surface area (Å²) < 4.78 is 14.9. The van der Waals surface area contributed by atoms with Crippen molar-refractivity contribution in [2.75, 3.05) is 6.54 Å². The lowest BCUT2D eigenvalue weighted by molar-refractivity contribution is 0.240. The van der Waals surface area contributed by atoms with Gasteiger partial charge in [0.15, 0.2) is 5.65 Å². The third-order valence-corrected chi connectivity index (χ3v) is 4.50. The Balaban J connectivity index is 1.41. The van der Waals surface area contributed by atoms with Crippen molar-refractivity contribution in [2.45, 2.75) is 13.0 Å². The van der Waals surface area contributed by atoms with Crippen LogP contribution >= 0.6 is 0 Å². The molecule has 0 saturated heterocycles. The number of halogens is 1. The Labute approximate surface area is 167 Å². The van der Waals surface area contributed by atoms with E-state index in [-0.39, 0.29) is 11.8 Å². The molecule has 4 rings (SSSR count). The molecule has 146 valence electrons. The Bertz CT molecular complexity index is 1110. The quantitative estimate of drug-likeness (QED) is 0.529. The van der Waals surface area contributed by atoms with Crippen molar-refractivity contribution in [3.63, 3.8) is 0 Å². The number of nitrogens with one attached hydrogen (secondary N) is 2. The summed E-state index contributed by atoms with van der Waals surface area (Å²) in [5.41, 5.74) is 3.41. The van der Waals surface area contributed by atoms with E-state index in [0.29, 0.717) is 19.5 Å². The van der Waals surface area contributed by atoms with E-state index < -0.39 is 0 Å². The molecular formula is C22H20FN5O. The highest BCUT2D eigenvalue weighted by Gasteiger charge is 2.13. The molecule has 0 spiro atoms. The smallest absolute Gasteiger partial charge is 0.315 e. The number of urea groups is 1. The maximum atomic E-state index is 12.9. The minimum atomic E-state index is -0.297. The van der Waals surface area contributed by atoms with Crippen molar-refractivity contribution in [3.8, 4) is 5.69 Å². The van der Waals surface area contributed by atoms with Crippen LogP contribution in [-0.2, 0) is 13.0 Å². The molecule has 7 heteroatoms. The van der Waals surface area contributed by atoms with Gasteiger partial charge in [-0.15, -0.1) is 0 Å². The average molecular weight is 389 g/mol. The number of benzene rings is 2. The largest absolute Gasteiger partial charge is 0.338 e. The Morgan fingerprint density at radius 2 is 1.76 bits per heavy atom. The fourth-order valence-corrected chi connectivity index (χ4v) is 3.11. The van der Waals surface area contributed by atoms with Crippen molar-refractivity contribution in [3.05, 3.63) is 90.1 Å². The van der Waals surface area contributed by atoms with E-state index in [9.17, 15) is 9.18 Å². The van der Waals surface area contributed by atoms with Crippen LogP contribution in [0.3, 0.4) is 0 Å². The number of amides is 2. The highest BCUT2D eigenvalue weighted by atomic mass is 19.1. The number of hydrogen-bond donors (Lipinski definition) is 2. The number of rotatable bonds is 6. The standard InChI is InChI=1S/C22H20FN5O/c23-17-10-8-16(9-11-17)15-26-22(29)25-14-12-20-27-19-7-4-13-24-21(19)28(20)18-5-2-1-3-6-18/h1-11,13H,12,14-15H2,(H2,25,26,29). The first-order chi connectivity index (χ1) is 14.2. The molecule has 0 aliphatic rings. The molecule has 2 aromatic carbocycles. The lowest BCUT2D eigenvalue weighted by Crippen LogP contribution is -2.36. The van der Waals surface area contributed by atoms with Gasteiger partial charge in [0.2, 0.25) is 0 Å². The second kappa shape index (κ2) is 8.52. The summed E-state index contributed by atoms with van der Waals surface area (Å²) in [5, 5.41) is 5.60. The number of nitrogens with zero attached hydrogens (tertiary/aromatic N) is 3. The molecule has 0 atom stereocenters. The molecule has 0 radical (unpaired) electrons. The SMILES string of the molecule is O=C(NCCc1nc2cccnc2n1-c1ccccc1)NCc1ccc(F)cc1. The van der Waals surface area contributed by atoms with E-state index in [0.717, 1.165) is 28.2 Å². The molecule has 4 aromatic rings. The number of pyridine rings is 1. The summed E-state index contributed by atoms with van der Waals surface area (Å²) in [6, 6.07) is 19.4. The minimum Gasteiger partial charge on any atom is -0.338 e. The molecule has 2 N–H and O–H groups in total. The molecule has 0 aliphatic carbocycles. The Morgan fingerprint density at radius 3 is 2.55 bits per heavy atom. The lowest BCUT2D eigenvalue weighted by Gasteiger charge is -2.10. The van der Waals surface area contributed by atoms with Crippen molar-refractivity contribution < 1.29 is 9.18 Å². The topological polar surface area (TPSA) is 71.8 Å². The van der Waals surface area contributed by atoms with Crippen LogP contribution in [0.15, 0.2) is 72.9 Å². The van der Waals surface area contributed by atoms with Crippen LogP contribution < -0.4 is 10.6 Å². The molecule has 2 aromatic heterocycles. The van der Waals surface area contributed by atoms with Gasteiger partial charge in [-0.05, 0) is 42.0 Å². The molecule has 0 unspecified atom stereocenters. The van der Waals surface area contributed by atoms with Crippen LogP contribution in [0.5, 0.6) is 0 Å². The van der Waals surface area contributed by atoms with Gasteiger partial charge in [-0.3, -0.25) is 4.57 Å².